The molecule has 1 heterocycles. The lowest BCUT2D eigenvalue weighted by molar-refractivity contribution is 0.170. The maximum absolute atomic E-state index is 9.21. The van der Waals surface area contributed by atoms with Crippen LogP contribution in [-0.2, 0) is 0 Å². The second kappa shape index (κ2) is 5.03. The van der Waals surface area contributed by atoms with Crippen LogP contribution in [0.1, 0.15) is 11.5 Å². The number of benzene rings is 1. The second-order valence-corrected chi connectivity index (χ2v) is 4.50. The van der Waals surface area contributed by atoms with Crippen LogP contribution in [0.4, 0.5) is 0 Å². The number of nitrogens with two attached hydrogens (primary N) is 1. The summed E-state index contributed by atoms with van der Waals surface area (Å²) in [6.45, 7) is 1.55. The van der Waals surface area contributed by atoms with Gasteiger partial charge in [-0.25, -0.2) is 0 Å². The third-order valence-corrected chi connectivity index (χ3v) is 3.18. The average molecular weight is 288 g/mol. The standard InChI is InChI=1S/C11H14BrNO3/c12-9-3-7(8(5-13)6-14)4-10-11(9)16-2-1-15-10/h3-4,8,14H,1-2,5-6,13H2. The predicted octanol–water partition coefficient (Wildman–Crippen LogP) is 1.25. The summed E-state index contributed by atoms with van der Waals surface area (Å²) >= 11 is 3.43. The molecule has 0 bridgehead atoms. The Hall–Kier alpha value is -0.780. The van der Waals surface area contributed by atoms with Crippen LogP contribution in [0, 0.1) is 0 Å². The number of aliphatic hydroxyl groups excluding tert-OH is 1. The smallest absolute Gasteiger partial charge is 0.175 e. The molecule has 0 fully saturated rings. The summed E-state index contributed by atoms with van der Waals surface area (Å²) in [4.78, 5) is 0. The minimum absolute atomic E-state index is 0.0303. The first kappa shape index (κ1) is 11.7. The summed E-state index contributed by atoms with van der Waals surface area (Å²) in [6.07, 6.45) is 0. The number of hydrogen-bond acceptors (Lipinski definition) is 4. The largest absolute Gasteiger partial charge is 0.486 e. The zero-order chi connectivity index (χ0) is 11.5. The quantitative estimate of drug-likeness (QED) is 0.878. The summed E-state index contributed by atoms with van der Waals surface area (Å²) in [5.74, 6) is 1.37. The molecule has 1 aliphatic heterocycles. The van der Waals surface area contributed by atoms with Crippen LogP contribution in [0.2, 0.25) is 0 Å². The molecule has 0 aromatic heterocycles. The molecule has 0 aliphatic carbocycles. The van der Waals surface area contributed by atoms with Crippen LogP contribution >= 0.6 is 15.9 Å². The monoisotopic (exact) mass is 287 g/mol. The van der Waals surface area contributed by atoms with Gasteiger partial charge in [0, 0.05) is 12.5 Å². The van der Waals surface area contributed by atoms with Crippen molar-refractivity contribution < 1.29 is 14.6 Å². The van der Waals surface area contributed by atoms with Gasteiger partial charge in [0.15, 0.2) is 11.5 Å². The molecule has 1 aromatic rings. The lowest BCUT2D eigenvalue weighted by Gasteiger charge is -2.22. The van der Waals surface area contributed by atoms with E-state index in [0.717, 1.165) is 15.8 Å². The minimum Gasteiger partial charge on any atom is -0.486 e. The Bertz CT molecular complexity index is 380. The van der Waals surface area contributed by atoms with Crippen molar-refractivity contribution >= 4 is 15.9 Å². The number of hydrogen-bond donors (Lipinski definition) is 2. The van der Waals surface area contributed by atoms with E-state index in [-0.39, 0.29) is 12.5 Å². The van der Waals surface area contributed by atoms with Gasteiger partial charge in [-0.05, 0) is 33.6 Å². The maximum atomic E-state index is 9.21. The molecule has 5 heteroatoms. The van der Waals surface area contributed by atoms with E-state index in [1.807, 2.05) is 12.1 Å². The van der Waals surface area contributed by atoms with Crippen molar-refractivity contribution in [2.45, 2.75) is 5.92 Å². The fourth-order valence-corrected chi connectivity index (χ4v) is 2.26. The van der Waals surface area contributed by atoms with E-state index in [2.05, 4.69) is 15.9 Å². The van der Waals surface area contributed by atoms with Crippen molar-refractivity contribution in [1.82, 2.24) is 0 Å². The molecule has 0 saturated carbocycles. The Labute approximate surface area is 102 Å². The maximum Gasteiger partial charge on any atom is 0.175 e. The Kier molecular flexibility index (Phi) is 3.68. The highest BCUT2D eigenvalue weighted by atomic mass is 79.9. The van der Waals surface area contributed by atoms with Crippen LogP contribution in [-0.4, -0.2) is 31.5 Å². The molecule has 4 nitrogen and oxygen atoms in total. The molecular weight excluding hydrogens is 274 g/mol. The first-order chi connectivity index (χ1) is 7.76. The Morgan fingerprint density at radius 3 is 2.81 bits per heavy atom. The van der Waals surface area contributed by atoms with E-state index >= 15 is 0 Å². The van der Waals surface area contributed by atoms with E-state index in [9.17, 15) is 5.11 Å². The molecule has 1 atom stereocenters. The summed E-state index contributed by atoms with van der Waals surface area (Å²) in [7, 11) is 0. The zero-order valence-corrected chi connectivity index (χ0v) is 10.4. The van der Waals surface area contributed by atoms with Gasteiger partial charge in [0.2, 0.25) is 0 Å². The molecule has 16 heavy (non-hydrogen) atoms. The van der Waals surface area contributed by atoms with Crippen molar-refractivity contribution in [3.63, 3.8) is 0 Å². The molecule has 0 amide bonds. The van der Waals surface area contributed by atoms with Crippen LogP contribution in [0.25, 0.3) is 0 Å². The fraction of sp³-hybridized carbons (Fsp3) is 0.455. The summed E-state index contributed by atoms with van der Waals surface area (Å²) in [5, 5.41) is 9.21. The Morgan fingerprint density at radius 1 is 1.38 bits per heavy atom. The van der Waals surface area contributed by atoms with Gasteiger partial charge < -0.3 is 20.3 Å². The van der Waals surface area contributed by atoms with Crippen molar-refractivity contribution in [2.75, 3.05) is 26.4 Å². The SMILES string of the molecule is NCC(CO)c1cc(Br)c2c(c1)OCCO2. The van der Waals surface area contributed by atoms with Gasteiger partial charge in [-0.1, -0.05) is 0 Å². The highest BCUT2D eigenvalue weighted by Crippen LogP contribution is 2.39. The average Bonchev–Trinajstić information content (AvgIpc) is 2.31. The lowest BCUT2D eigenvalue weighted by Crippen LogP contribution is -2.19. The van der Waals surface area contributed by atoms with Crippen molar-refractivity contribution in [2.24, 2.45) is 5.73 Å². The number of ether oxygens (including phenoxy) is 2. The molecule has 0 saturated heterocycles. The van der Waals surface area contributed by atoms with Crippen molar-refractivity contribution in [3.05, 3.63) is 22.2 Å². The number of rotatable bonds is 3. The van der Waals surface area contributed by atoms with Gasteiger partial charge in [0.05, 0.1) is 11.1 Å². The number of halogens is 1. The third-order valence-electron chi connectivity index (χ3n) is 2.60. The highest BCUT2D eigenvalue weighted by Gasteiger charge is 2.19. The third kappa shape index (κ3) is 2.16. The van der Waals surface area contributed by atoms with Crippen LogP contribution < -0.4 is 15.2 Å². The fourth-order valence-electron chi connectivity index (χ4n) is 1.68. The van der Waals surface area contributed by atoms with Gasteiger partial charge in [-0.2, -0.15) is 0 Å². The molecule has 0 spiro atoms. The van der Waals surface area contributed by atoms with E-state index in [4.69, 9.17) is 15.2 Å². The number of aliphatic hydroxyl groups is 1. The van der Waals surface area contributed by atoms with E-state index in [1.165, 1.54) is 0 Å². The predicted molar refractivity (Wildman–Crippen MR) is 64.0 cm³/mol. The minimum atomic E-state index is -0.0628. The van der Waals surface area contributed by atoms with Gasteiger partial charge in [0.1, 0.15) is 13.2 Å². The van der Waals surface area contributed by atoms with Gasteiger partial charge in [-0.15, -0.1) is 0 Å². The molecule has 3 N–H and O–H groups in total. The molecule has 0 radical (unpaired) electrons. The Balaban J connectivity index is 2.38. The second-order valence-electron chi connectivity index (χ2n) is 3.64. The number of fused-ring (bicyclic) bond motifs is 1. The first-order valence-electron chi connectivity index (χ1n) is 5.16. The topological polar surface area (TPSA) is 64.7 Å². The summed E-state index contributed by atoms with van der Waals surface area (Å²) in [5.41, 5.74) is 6.55. The van der Waals surface area contributed by atoms with Gasteiger partial charge >= 0.3 is 0 Å². The van der Waals surface area contributed by atoms with Crippen molar-refractivity contribution in [3.8, 4) is 11.5 Å². The molecule has 88 valence electrons. The van der Waals surface area contributed by atoms with Gasteiger partial charge in [0.25, 0.3) is 0 Å². The van der Waals surface area contributed by atoms with E-state index < -0.39 is 0 Å². The molecule has 1 aromatic carbocycles. The Morgan fingerprint density at radius 2 is 2.12 bits per heavy atom. The summed E-state index contributed by atoms with van der Waals surface area (Å²) < 4.78 is 11.8. The van der Waals surface area contributed by atoms with Crippen LogP contribution in [0.5, 0.6) is 11.5 Å². The normalized spacial score (nSPS) is 15.9. The molecule has 2 rings (SSSR count). The zero-order valence-electron chi connectivity index (χ0n) is 8.78. The van der Waals surface area contributed by atoms with E-state index in [0.29, 0.717) is 25.5 Å². The van der Waals surface area contributed by atoms with Gasteiger partial charge in [-0.3, -0.25) is 0 Å². The van der Waals surface area contributed by atoms with Crippen molar-refractivity contribution in [1.29, 1.82) is 0 Å². The molecular formula is C11H14BrNO3. The van der Waals surface area contributed by atoms with Crippen LogP contribution in [0.3, 0.4) is 0 Å². The molecule has 1 unspecified atom stereocenters. The highest BCUT2D eigenvalue weighted by molar-refractivity contribution is 9.10. The van der Waals surface area contributed by atoms with Crippen LogP contribution in [0.15, 0.2) is 16.6 Å². The lowest BCUT2D eigenvalue weighted by atomic mass is 9.99. The first-order valence-corrected chi connectivity index (χ1v) is 5.95. The molecule has 1 aliphatic rings. The summed E-state index contributed by atoms with van der Waals surface area (Å²) in [6, 6.07) is 3.80. The van der Waals surface area contributed by atoms with E-state index in [1.54, 1.807) is 0 Å².